The minimum Gasteiger partial charge on any atom is -0.397 e. The van der Waals surface area contributed by atoms with Gasteiger partial charge < -0.3 is 11.1 Å². The number of nitrogens with one attached hydrogen (secondary N) is 1. The van der Waals surface area contributed by atoms with Crippen LogP contribution in [0, 0.1) is 0 Å². The normalized spacial score (nSPS) is 10.3. The number of benzene rings is 1. The molecule has 0 aliphatic rings. The molecule has 0 spiro atoms. The maximum atomic E-state index is 6.02. The van der Waals surface area contributed by atoms with E-state index in [4.69, 9.17) is 17.3 Å². The minimum atomic E-state index is 0.596. The second-order valence-electron chi connectivity index (χ2n) is 3.23. The highest BCUT2D eigenvalue weighted by atomic mass is 35.5. The van der Waals surface area contributed by atoms with Crippen molar-refractivity contribution in [2.24, 2.45) is 7.05 Å². The van der Waals surface area contributed by atoms with Crippen molar-refractivity contribution in [2.45, 2.75) is 0 Å². The van der Waals surface area contributed by atoms with Crippen LogP contribution < -0.4 is 11.1 Å². The first-order valence-corrected chi connectivity index (χ1v) is 4.84. The van der Waals surface area contributed by atoms with Gasteiger partial charge in [0.25, 0.3) is 0 Å². The Kier molecular flexibility index (Phi) is 2.51. The number of hydrogen-bond acceptors (Lipinski definition) is 3. The Morgan fingerprint density at radius 3 is 2.87 bits per heavy atom. The van der Waals surface area contributed by atoms with Crippen LogP contribution in [0.2, 0.25) is 5.02 Å². The fourth-order valence-corrected chi connectivity index (χ4v) is 1.53. The smallest absolute Gasteiger partial charge is 0.0807 e. The van der Waals surface area contributed by atoms with Crippen molar-refractivity contribution in [1.82, 2.24) is 9.78 Å². The molecule has 78 valence electrons. The molecule has 0 fully saturated rings. The Morgan fingerprint density at radius 1 is 1.47 bits per heavy atom. The average Bonchev–Trinajstić information content (AvgIpc) is 2.58. The fraction of sp³-hybridized carbons (Fsp3) is 0.100. The number of nitrogens with zero attached hydrogens (tertiary/aromatic N) is 2. The van der Waals surface area contributed by atoms with Gasteiger partial charge in [0.05, 0.1) is 28.3 Å². The molecule has 2 aromatic rings. The van der Waals surface area contributed by atoms with E-state index in [0.717, 1.165) is 5.69 Å². The lowest BCUT2D eigenvalue weighted by molar-refractivity contribution is 0.768. The predicted octanol–water partition coefficient (Wildman–Crippen LogP) is 2.40. The van der Waals surface area contributed by atoms with Gasteiger partial charge in [-0.05, 0) is 12.1 Å². The first-order valence-electron chi connectivity index (χ1n) is 4.46. The maximum Gasteiger partial charge on any atom is 0.0807 e. The van der Waals surface area contributed by atoms with Crippen LogP contribution in [-0.4, -0.2) is 9.78 Å². The second-order valence-corrected chi connectivity index (χ2v) is 3.64. The SMILES string of the molecule is Cn1cc(Nc2c(N)cccc2Cl)cn1. The summed E-state index contributed by atoms with van der Waals surface area (Å²) in [6.45, 7) is 0. The summed E-state index contributed by atoms with van der Waals surface area (Å²) in [4.78, 5) is 0. The molecule has 4 nitrogen and oxygen atoms in total. The Hall–Kier alpha value is -1.68. The summed E-state index contributed by atoms with van der Waals surface area (Å²) in [5.74, 6) is 0. The Bertz CT molecular complexity index is 458. The minimum absolute atomic E-state index is 0.596. The standard InChI is InChI=1S/C10H11ClN4/c1-15-6-7(5-13-15)14-10-8(11)3-2-4-9(10)12/h2-6,14H,12H2,1H3. The molecule has 0 saturated carbocycles. The lowest BCUT2D eigenvalue weighted by Gasteiger charge is -2.08. The lowest BCUT2D eigenvalue weighted by Crippen LogP contribution is -1.96. The number of hydrogen-bond donors (Lipinski definition) is 2. The van der Waals surface area contributed by atoms with Crippen LogP contribution in [0.3, 0.4) is 0 Å². The summed E-state index contributed by atoms with van der Waals surface area (Å²) in [7, 11) is 1.85. The molecule has 2 rings (SSSR count). The van der Waals surface area contributed by atoms with Gasteiger partial charge in [-0.1, -0.05) is 17.7 Å². The molecule has 0 unspecified atom stereocenters. The van der Waals surface area contributed by atoms with Crippen LogP contribution in [0.25, 0.3) is 0 Å². The van der Waals surface area contributed by atoms with Gasteiger partial charge in [0, 0.05) is 13.2 Å². The van der Waals surface area contributed by atoms with E-state index in [9.17, 15) is 0 Å². The van der Waals surface area contributed by atoms with Crippen molar-refractivity contribution >= 4 is 28.7 Å². The van der Waals surface area contributed by atoms with Gasteiger partial charge in [-0.2, -0.15) is 5.10 Å². The van der Waals surface area contributed by atoms with Crippen molar-refractivity contribution in [2.75, 3.05) is 11.1 Å². The number of aromatic nitrogens is 2. The molecule has 0 aliphatic carbocycles. The number of halogens is 1. The zero-order valence-corrected chi connectivity index (χ0v) is 8.99. The number of para-hydroxylation sites is 1. The molecule has 0 aliphatic heterocycles. The van der Waals surface area contributed by atoms with E-state index in [1.54, 1.807) is 23.0 Å². The van der Waals surface area contributed by atoms with E-state index < -0.39 is 0 Å². The van der Waals surface area contributed by atoms with E-state index in [1.807, 2.05) is 19.3 Å². The molecule has 0 radical (unpaired) electrons. The highest BCUT2D eigenvalue weighted by Gasteiger charge is 2.05. The largest absolute Gasteiger partial charge is 0.397 e. The molecule has 0 bridgehead atoms. The van der Waals surface area contributed by atoms with Crippen LogP contribution in [0.15, 0.2) is 30.6 Å². The summed E-state index contributed by atoms with van der Waals surface area (Å²) < 4.78 is 1.70. The van der Waals surface area contributed by atoms with Gasteiger partial charge in [0.1, 0.15) is 0 Å². The molecule has 0 atom stereocenters. The molecular formula is C10H11ClN4. The Balaban J connectivity index is 2.31. The van der Waals surface area contributed by atoms with E-state index >= 15 is 0 Å². The maximum absolute atomic E-state index is 6.02. The molecule has 1 heterocycles. The topological polar surface area (TPSA) is 55.9 Å². The Labute approximate surface area is 92.7 Å². The molecule has 15 heavy (non-hydrogen) atoms. The molecule has 0 saturated heterocycles. The molecule has 1 aromatic carbocycles. The monoisotopic (exact) mass is 222 g/mol. The van der Waals surface area contributed by atoms with Crippen LogP contribution in [0.5, 0.6) is 0 Å². The van der Waals surface area contributed by atoms with E-state index in [0.29, 0.717) is 16.4 Å². The molecule has 3 N–H and O–H groups in total. The Morgan fingerprint density at radius 2 is 2.27 bits per heavy atom. The quantitative estimate of drug-likeness (QED) is 0.768. The van der Waals surface area contributed by atoms with Gasteiger partial charge in [0.15, 0.2) is 0 Å². The van der Waals surface area contributed by atoms with Crippen molar-refractivity contribution in [3.63, 3.8) is 0 Å². The molecule has 1 aromatic heterocycles. The number of anilines is 3. The second kappa shape index (κ2) is 3.82. The van der Waals surface area contributed by atoms with Crippen molar-refractivity contribution in [3.05, 3.63) is 35.6 Å². The van der Waals surface area contributed by atoms with Crippen LogP contribution >= 0.6 is 11.6 Å². The fourth-order valence-electron chi connectivity index (χ4n) is 1.30. The van der Waals surface area contributed by atoms with Crippen molar-refractivity contribution in [3.8, 4) is 0 Å². The zero-order chi connectivity index (χ0) is 10.8. The van der Waals surface area contributed by atoms with Gasteiger partial charge in [-0.25, -0.2) is 0 Å². The van der Waals surface area contributed by atoms with E-state index in [2.05, 4.69) is 10.4 Å². The summed E-state index contributed by atoms with van der Waals surface area (Å²) in [6.07, 6.45) is 3.56. The predicted molar refractivity (Wildman–Crippen MR) is 62.4 cm³/mol. The summed E-state index contributed by atoms with van der Waals surface area (Å²) >= 11 is 6.02. The average molecular weight is 223 g/mol. The van der Waals surface area contributed by atoms with Gasteiger partial charge in [-0.15, -0.1) is 0 Å². The van der Waals surface area contributed by atoms with Crippen molar-refractivity contribution in [1.29, 1.82) is 0 Å². The molecular weight excluding hydrogens is 212 g/mol. The lowest BCUT2D eigenvalue weighted by atomic mass is 10.2. The third-order valence-corrected chi connectivity index (χ3v) is 2.34. The summed E-state index contributed by atoms with van der Waals surface area (Å²) in [5.41, 5.74) is 7.99. The highest BCUT2D eigenvalue weighted by Crippen LogP contribution is 2.30. The highest BCUT2D eigenvalue weighted by molar-refractivity contribution is 6.34. The van der Waals surface area contributed by atoms with Crippen LogP contribution in [-0.2, 0) is 7.05 Å². The van der Waals surface area contributed by atoms with Crippen LogP contribution in [0.1, 0.15) is 0 Å². The first-order chi connectivity index (χ1) is 7.16. The first kappa shape index (κ1) is 9.86. The van der Waals surface area contributed by atoms with Crippen molar-refractivity contribution < 1.29 is 0 Å². The van der Waals surface area contributed by atoms with Crippen LogP contribution in [0.4, 0.5) is 17.1 Å². The van der Waals surface area contributed by atoms with E-state index in [1.165, 1.54) is 0 Å². The molecule has 5 heteroatoms. The van der Waals surface area contributed by atoms with E-state index in [-0.39, 0.29) is 0 Å². The number of nitrogen functional groups attached to an aromatic ring is 1. The number of nitrogens with two attached hydrogens (primary N) is 1. The van der Waals surface area contributed by atoms with Gasteiger partial charge in [0.2, 0.25) is 0 Å². The summed E-state index contributed by atoms with van der Waals surface area (Å²) in [6, 6.07) is 5.40. The number of rotatable bonds is 2. The molecule has 0 amide bonds. The zero-order valence-electron chi connectivity index (χ0n) is 8.24. The third kappa shape index (κ3) is 2.05. The van der Waals surface area contributed by atoms with Gasteiger partial charge >= 0.3 is 0 Å². The number of aryl methyl sites for hydroxylation is 1. The van der Waals surface area contributed by atoms with Gasteiger partial charge in [-0.3, -0.25) is 4.68 Å². The summed E-state index contributed by atoms with van der Waals surface area (Å²) in [5, 5.41) is 7.76. The third-order valence-electron chi connectivity index (χ3n) is 2.02.